The minimum absolute atomic E-state index is 0.120. The molecule has 0 radical (unpaired) electrons. The van der Waals surface area contributed by atoms with Gasteiger partial charge in [-0.1, -0.05) is 0 Å². The lowest BCUT2D eigenvalue weighted by atomic mass is 10.2. The third kappa shape index (κ3) is 3.35. The van der Waals surface area contributed by atoms with Gasteiger partial charge in [0.25, 0.3) is 5.69 Å². The van der Waals surface area contributed by atoms with Gasteiger partial charge in [0.2, 0.25) is 6.19 Å². The Morgan fingerprint density at radius 1 is 1.53 bits per heavy atom. The molecule has 1 heterocycles. The van der Waals surface area contributed by atoms with Crippen LogP contribution in [-0.4, -0.2) is 10.5 Å². The fourth-order valence-electron chi connectivity index (χ4n) is 1.37. The number of halogens is 3. The Balaban J connectivity index is 3.28. The first kappa shape index (κ1) is 15.2. The van der Waals surface area contributed by atoms with Crippen molar-refractivity contribution in [2.75, 3.05) is 6.26 Å². The van der Waals surface area contributed by atoms with Crippen molar-refractivity contribution in [2.45, 2.75) is 18.3 Å². The summed E-state index contributed by atoms with van der Waals surface area (Å²) in [7, 11) is -2.95. The predicted molar refractivity (Wildman–Crippen MR) is 60.9 cm³/mol. The van der Waals surface area contributed by atoms with Crippen LogP contribution in [0.3, 0.4) is 0 Å². The monoisotopic (exact) mass is 293 g/mol. The van der Waals surface area contributed by atoms with Gasteiger partial charge in [0.15, 0.2) is 6.20 Å². The molecule has 0 aromatic carbocycles. The zero-order valence-corrected chi connectivity index (χ0v) is 10.8. The maximum Gasteiger partial charge on any atom is 0.478 e. The fourth-order valence-corrected chi connectivity index (χ4v) is 2.33. The highest BCUT2D eigenvalue weighted by atomic mass is 32.2. The van der Waals surface area contributed by atoms with Crippen molar-refractivity contribution in [3.8, 4) is 6.19 Å². The second kappa shape index (κ2) is 5.05. The summed E-state index contributed by atoms with van der Waals surface area (Å²) in [6, 6.07) is 1.67. The number of nitriles is 1. The topological polar surface area (TPSA) is 80.2 Å². The summed E-state index contributed by atoms with van der Waals surface area (Å²) in [5.74, 6) is 0. The zero-order valence-electron chi connectivity index (χ0n) is 10.0. The molecule has 1 rings (SSSR count). The third-order valence-corrected chi connectivity index (χ3v) is 4.60. The molecule has 0 spiro atoms. The van der Waals surface area contributed by atoms with E-state index in [1.807, 2.05) is 0 Å². The van der Waals surface area contributed by atoms with Crippen LogP contribution in [-0.2, 0) is 15.9 Å². The summed E-state index contributed by atoms with van der Waals surface area (Å²) in [6.07, 6.45) is -1.46. The van der Waals surface area contributed by atoms with Crippen molar-refractivity contribution in [1.29, 1.82) is 5.26 Å². The van der Waals surface area contributed by atoms with Crippen LogP contribution in [0, 0.1) is 16.7 Å². The Hall–Kier alpha value is -1.82. The first-order chi connectivity index (χ1) is 8.59. The maximum absolute atomic E-state index is 12.4. The van der Waals surface area contributed by atoms with E-state index in [-0.39, 0.29) is 10.3 Å². The molecular formula is C10H10F3N3O2S. The van der Waals surface area contributed by atoms with Gasteiger partial charge < -0.3 is 5.21 Å². The maximum atomic E-state index is 12.4. The quantitative estimate of drug-likeness (QED) is 0.475. The van der Waals surface area contributed by atoms with E-state index in [0.29, 0.717) is 12.3 Å². The SMILES string of the molecule is CC(c1ccc(C(F)(F)F)[n+]([O-])c1)S(C)(=O)=NC#N. The molecule has 2 unspecified atom stereocenters. The Morgan fingerprint density at radius 3 is 2.53 bits per heavy atom. The van der Waals surface area contributed by atoms with E-state index >= 15 is 0 Å². The van der Waals surface area contributed by atoms with E-state index in [1.165, 1.54) is 19.4 Å². The molecule has 5 nitrogen and oxygen atoms in total. The lowest BCUT2D eigenvalue weighted by Gasteiger charge is -2.14. The van der Waals surface area contributed by atoms with Gasteiger partial charge in [-0.05, 0) is 13.0 Å². The second-order valence-corrected chi connectivity index (χ2v) is 6.48. The Labute approximate surface area is 108 Å². The standard InChI is InChI=1S/C10H10F3N3O2S/c1-7(19(2,18)15-6-14)8-3-4-9(10(11,12)13)16(17)5-8/h3-5,7H,1-2H3. The van der Waals surface area contributed by atoms with Crippen molar-refractivity contribution in [3.63, 3.8) is 0 Å². The molecule has 1 aromatic heterocycles. The molecule has 0 aliphatic rings. The summed E-state index contributed by atoms with van der Waals surface area (Å²) in [4.78, 5) is 0. The van der Waals surface area contributed by atoms with E-state index in [1.54, 1.807) is 0 Å². The molecule has 0 saturated heterocycles. The average molecular weight is 293 g/mol. The summed E-state index contributed by atoms with van der Waals surface area (Å²) >= 11 is 0. The van der Waals surface area contributed by atoms with Gasteiger partial charge in [-0.15, -0.1) is 4.36 Å². The molecular weight excluding hydrogens is 283 g/mol. The van der Waals surface area contributed by atoms with Crippen molar-refractivity contribution >= 4 is 9.73 Å². The fraction of sp³-hybridized carbons (Fsp3) is 0.400. The first-order valence-corrected chi connectivity index (χ1v) is 6.97. The summed E-state index contributed by atoms with van der Waals surface area (Å²) in [5.41, 5.74) is -1.24. The van der Waals surface area contributed by atoms with Crippen LogP contribution in [0.25, 0.3) is 0 Å². The molecule has 9 heteroatoms. The van der Waals surface area contributed by atoms with Crippen LogP contribution < -0.4 is 4.73 Å². The summed E-state index contributed by atoms with van der Waals surface area (Å²) in [6.45, 7) is 1.42. The molecule has 1 aromatic rings. The molecule has 19 heavy (non-hydrogen) atoms. The van der Waals surface area contributed by atoms with Crippen LogP contribution >= 0.6 is 0 Å². The summed E-state index contributed by atoms with van der Waals surface area (Å²) in [5, 5.41) is 18.8. The van der Waals surface area contributed by atoms with E-state index < -0.39 is 26.8 Å². The van der Waals surface area contributed by atoms with Gasteiger partial charge in [-0.2, -0.15) is 23.2 Å². The molecule has 0 aliphatic carbocycles. The van der Waals surface area contributed by atoms with Crippen LogP contribution in [0.4, 0.5) is 13.2 Å². The lowest BCUT2D eigenvalue weighted by molar-refractivity contribution is -0.629. The molecule has 0 N–H and O–H groups in total. The normalized spacial score (nSPS) is 16.2. The molecule has 0 aliphatic heterocycles. The third-order valence-electron chi connectivity index (χ3n) is 2.58. The second-order valence-electron chi connectivity index (χ2n) is 3.87. The van der Waals surface area contributed by atoms with Crippen molar-refractivity contribution in [3.05, 3.63) is 34.8 Å². The minimum atomic E-state index is -4.76. The van der Waals surface area contributed by atoms with E-state index in [2.05, 4.69) is 4.36 Å². The van der Waals surface area contributed by atoms with Crippen LogP contribution in [0.5, 0.6) is 0 Å². The average Bonchev–Trinajstić information content (AvgIpc) is 2.26. The van der Waals surface area contributed by atoms with E-state index in [0.717, 1.165) is 6.07 Å². The minimum Gasteiger partial charge on any atom is -0.618 e. The smallest absolute Gasteiger partial charge is 0.478 e. The van der Waals surface area contributed by atoms with Gasteiger partial charge in [-0.25, -0.2) is 4.21 Å². The number of hydrogen-bond donors (Lipinski definition) is 0. The zero-order chi connectivity index (χ0) is 14.8. The van der Waals surface area contributed by atoms with Crippen LogP contribution in [0.15, 0.2) is 22.7 Å². The highest BCUT2D eigenvalue weighted by Gasteiger charge is 2.40. The number of rotatable bonds is 2. The van der Waals surface area contributed by atoms with Gasteiger partial charge in [0.1, 0.15) is 0 Å². The van der Waals surface area contributed by atoms with Crippen molar-refractivity contribution in [2.24, 2.45) is 4.36 Å². The number of nitrogens with zero attached hydrogens (tertiary/aromatic N) is 3. The largest absolute Gasteiger partial charge is 0.618 e. The van der Waals surface area contributed by atoms with E-state index in [9.17, 15) is 22.6 Å². The van der Waals surface area contributed by atoms with Gasteiger partial charge in [-0.3, -0.25) is 0 Å². The Kier molecular flexibility index (Phi) is 4.05. The lowest BCUT2D eigenvalue weighted by Crippen LogP contribution is -2.37. The number of alkyl halides is 3. The van der Waals surface area contributed by atoms with Crippen LogP contribution in [0.2, 0.25) is 0 Å². The molecule has 0 bridgehead atoms. The highest BCUT2D eigenvalue weighted by Crippen LogP contribution is 2.28. The molecule has 2 atom stereocenters. The van der Waals surface area contributed by atoms with E-state index in [4.69, 9.17) is 5.26 Å². The van der Waals surface area contributed by atoms with Crippen molar-refractivity contribution in [1.82, 2.24) is 0 Å². The number of aromatic nitrogens is 1. The highest BCUT2D eigenvalue weighted by molar-refractivity contribution is 7.93. The van der Waals surface area contributed by atoms with Gasteiger partial charge in [0, 0.05) is 17.9 Å². The summed E-state index contributed by atoms with van der Waals surface area (Å²) < 4.78 is 52.1. The van der Waals surface area contributed by atoms with Crippen molar-refractivity contribution < 1.29 is 22.1 Å². The first-order valence-electron chi connectivity index (χ1n) is 4.99. The molecule has 0 amide bonds. The molecule has 104 valence electrons. The Morgan fingerprint density at radius 2 is 2.11 bits per heavy atom. The predicted octanol–water partition coefficient (Wildman–Crippen LogP) is 1.98. The molecule has 0 saturated carbocycles. The van der Waals surface area contributed by atoms with Crippen LogP contribution in [0.1, 0.15) is 23.4 Å². The molecule has 0 fully saturated rings. The Bertz CT molecular complexity index is 642. The number of hydrogen-bond acceptors (Lipinski definition) is 4. The van der Waals surface area contributed by atoms with Gasteiger partial charge >= 0.3 is 6.18 Å². The number of pyridine rings is 1. The van der Waals surface area contributed by atoms with Gasteiger partial charge in [0.05, 0.1) is 15.0 Å².